The van der Waals surface area contributed by atoms with Crippen molar-refractivity contribution in [1.29, 1.82) is 0 Å². The van der Waals surface area contributed by atoms with Crippen molar-refractivity contribution in [3.8, 4) is 0 Å². The molecule has 0 saturated heterocycles. The summed E-state index contributed by atoms with van der Waals surface area (Å²) in [6, 6.07) is 12.4. The molecular weight excluding hydrogens is 296 g/mol. The van der Waals surface area contributed by atoms with Crippen LogP contribution in [0.15, 0.2) is 53.1 Å². The zero-order valence-electron chi connectivity index (χ0n) is 13.0. The Hall–Kier alpha value is -2.76. The fourth-order valence-corrected chi connectivity index (χ4v) is 2.11. The largest absolute Gasteiger partial charge is 0.467 e. The van der Waals surface area contributed by atoms with Gasteiger partial charge in [0.05, 0.1) is 31.9 Å². The van der Waals surface area contributed by atoms with Gasteiger partial charge < -0.3 is 19.8 Å². The number of rotatable bonds is 7. The predicted octanol–water partition coefficient (Wildman–Crippen LogP) is 2.77. The third-order valence-corrected chi connectivity index (χ3v) is 3.20. The van der Waals surface area contributed by atoms with Gasteiger partial charge in [0, 0.05) is 0 Å². The maximum Gasteiger partial charge on any atom is 0.407 e. The Morgan fingerprint density at radius 2 is 1.96 bits per heavy atom. The van der Waals surface area contributed by atoms with Crippen LogP contribution in [0, 0.1) is 0 Å². The van der Waals surface area contributed by atoms with E-state index in [-0.39, 0.29) is 18.9 Å². The number of hydrogen-bond donors (Lipinski definition) is 2. The monoisotopic (exact) mass is 316 g/mol. The molecule has 6 heteroatoms. The first-order valence-corrected chi connectivity index (χ1v) is 7.46. The lowest BCUT2D eigenvalue weighted by molar-refractivity contribution is -0.121. The van der Waals surface area contributed by atoms with Crippen LogP contribution in [0.5, 0.6) is 0 Å². The molecule has 0 unspecified atom stereocenters. The van der Waals surface area contributed by atoms with Crippen molar-refractivity contribution in [3.05, 3.63) is 60.1 Å². The second kappa shape index (κ2) is 8.63. The fraction of sp³-hybridized carbons (Fsp3) is 0.294. The van der Waals surface area contributed by atoms with Crippen molar-refractivity contribution in [3.63, 3.8) is 0 Å². The molecule has 0 radical (unpaired) electrons. The van der Waals surface area contributed by atoms with Crippen LogP contribution in [-0.2, 0) is 16.1 Å². The molecule has 1 aromatic heterocycles. The van der Waals surface area contributed by atoms with Gasteiger partial charge in [0.2, 0.25) is 5.91 Å². The molecule has 0 bridgehead atoms. The fourth-order valence-electron chi connectivity index (χ4n) is 2.11. The molecule has 0 aliphatic rings. The van der Waals surface area contributed by atoms with Gasteiger partial charge in [0.25, 0.3) is 0 Å². The summed E-state index contributed by atoms with van der Waals surface area (Å²) in [7, 11) is 0. The Morgan fingerprint density at radius 1 is 1.17 bits per heavy atom. The molecule has 0 fully saturated rings. The molecule has 2 N–H and O–H groups in total. The van der Waals surface area contributed by atoms with E-state index in [0.29, 0.717) is 12.3 Å². The first-order valence-electron chi connectivity index (χ1n) is 7.46. The number of carbonyl (C=O) groups is 2. The number of carbonyl (C=O) groups excluding carboxylic acids is 2. The molecule has 1 heterocycles. The molecule has 2 aromatic rings. The van der Waals surface area contributed by atoms with Crippen LogP contribution in [0.1, 0.15) is 30.7 Å². The van der Waals surface area contributed by atoms with E-state index >= 15 is 0 Å². The maximum atomic E-state index is 12.1. The molecule has 122 valence electrons. The topological polar surface area (TPSA) is 80.6 Å². The van der Waals surface area contributed by atoms with E-state index in [9.17, 15) is 9.59 Å². The van der Waals surface area contributed by atoms with Crippen LogP contribution < -0.4 is 10.6 Å². The normalized spacial score (nSPS) is 11.5. The van der Waals surface area contributed by atoms with Gasteiger partial charge in [0.15, 0.2) is 0 Å². The molecule has 2 amide bonds. The lowest BCUT2D eigenvalue weighted by Gasteiger charge is -2.18. The van der Waals surface area contributed by atoms with Crippen molar-refractivity contribution < 1.29 is 18.7 Å². The summed E-state index contributed by atoms with van der Waals surface area (Å²) >= 11 is 0. The van der Waals surface area contributed by atoms with Crippen LogP contribution >= 0.6 is 0 Å². The van der Waals surface area contributed by atoms with Crippen LogP contribution in [-0.4, -0.2) is 18.6 Å². The highest BCUT2D eigenvalue weighted by molar-refractivity contribution is 5.78. The van der Waals surface area contributed by atoms with E-state index in [1.54, 1.807) is 25.3 Å². The van der Waals surface area contributed by atoms with Crippen molar-refractivity contribution in [1.82, 2.24) is 10.6 Å². The smallest absolute Gasteiger partial charge is 0.407 e. The van der Waals surface area contributed by atoms with E-state index < -0.39 is 12.1 Å². The predicted molar refractivity (Wildman–Crippen MR) is 84.5 cm³/mol. The summed E-state index contributed by atoms with van der Waals surface area (Å²) in [6.45, 7) is 2.32. The van der Waals surface area contributed by atoms with Crippen LogP contribution in [0.2, 0.25) is 0 Å². The highest BCUT2D eigenvalue weighted by Gasteiger charge is 2.19. The number of amides is 2. The molecule has 23 heavy (non-hydrogen) atoms. The van der Waals surface area contributed by atoms with Crippen molar-refractivity contribution in [2.24, 2.45) is 0 Å². The Labute approximate surface area is 134 Å². The average Bonchev–Trinajstić information content (AvgIpc) is 3.07. The van der Waals surface area contributed by atoms with Gasteiger partial charge in [0.1, 0.15) is 5.76 Å². The summed E-state index contributed by atoms with van der Waals surface area (Å²) < 4.78 is 10.1. The Bertz CT molecular complexity index is 611. The van der Waals surface area contributed by atoms with Gasteiger partial charge in [-0.2, -0.15) is 0 Å². The van der Waals surface area contributed by atoms with E-state index in [2.05, 4.69) is 10.6 Å². The number of alkyl carbamates (subject to hydrolysis) is 1. The van der Waals surface area contributed by atoms with Crippen molar-refractivity contribution >= 4 is 12.0 Å². The van der Waals surface area contributed by atoms with Crippen LogP contribution in [0.3, 0.4) is 0 Å². The first kappa shape index (κ1) is 16.6. The standard InChI is InChI=1S/C17H20N2O4/c1-2-22-17(21)19-15(13-7-4-3-5-8-13)11-16(20)18-12-14-9-6-10-23-14/h3-10,15H,2,11-12H2,1H3,(H,18,20)(H,19,21)/t15-/m0/s1. The summed E-state index contributed by atoms with van der Waals surface area (Å²) in [6.07, 6.45) is 1.13. The van der Waals surface area contributed by atoms with E-state index in [1.807, 2.05) is 30.3 Å². The summed E-state index contributed by atoms with van der Waals surface area (Å²) in [4.78, 5) is 23.8. The van der Waals surface area contributed by atoms with Gasteiger partial charge in [-0.3, -0.25) is 4.79 Å². The van der Waals surface area contributed by atoms with Gasteiger partial charge in [-0.05, 0) is 24.6 Å². The minimum atomic E-state index is -0.541. The average molecular weight is 316 g/mol. The molecule has 1 atom stereocenters. The molecule has 6 nitrogen and oxygen atoms in total. The SMILES string of the molecule is CCOC(=O)N[C@@H](CC(=O)NCc1ccco1)c1ccccc1. The Kier molecular flexibility index (Phi) is 6.23. The van der Waals surface area contributed by atoms with E-state index in [1.165, 1.54) is 0 Å². The summed E-state index contributed by atoms with van der Waals surface area (Å²) in [5, 5.41) is 5.48. The first-order chi connectivity index (χ1) is 11.2. The van der Waals surface area contributed by atoms with E-state index in [4.69, 9.17) is 9.15 Å². The van der Waals surface area contributed by atoms with Gasteiger partial charge in [-0.1, -0.05) is 30.3 Å². The Balaban J connectivity index is 1.96. The molecule has 0 aliphatic heterocycles. The number of ether oxygens (including phenoxy) is 1. The van der Waals surface area contributed by atoms with Gasteiger partial charge in [-0.25, -0.2) is 4.79 Å². The maximum absolute atomic E-state index is 12.1. The van der Waals surface area contributed by atoms with Crippen molar-refractivity contribution in [2.45, 2.75) is 25.9 Å². The third-order valence-electron chi connectivity index (χ3n) is 3.20. The zero-order chi connectivity index (χ0) is 16.5. The third kappa shape index (κ3) is 5.50. The van der Waals surface area contributed by atoms with Crippen LogP contribution in [0.4, 0.5) is 4.79 Å². The second-order valence-corrected chi connectivity index (χ2v) is 4.89. The van der Waals surface area contributed by atoms with E-state index in [0.717, 1.165) is 5.56 Å². The highest BCUT2D eigenvalue weighted by atomic mass is 16.5. The Morgan fingerprint density at radius 3 is 2.61 bits per heavy atom. The molecule has 0 spiro atoms. The highest BCUT2D eigenvalue weighted by Crippen LogP contribution is 2.16. The number of hydrogen-bond acceptors (Lipinski definition) is 4. The molecule has 1 aromatic carbocycles. The van der Waals surface area contributed by atoms with Gasteiger partial charge >= 0.3 is 6.09 Å². The lowest BCUT2D eigenvalue weighted by Crippen LogP contribution is -2.34. The van der Waals surface area contributed by atoms with Gasteiger partial charge in [-0.15, -0.1) is 0 Å². The minimum absolute atomic E-state index is 0.115. The van der Waals surface area contributed by atoms with Crippen LogP contribution in [0.25, 0.3) is 0 Å². The molecule has 0 aliphatic carbocycles. The summed E-state index contributed by atoms with van der Waals surface area (Å²) in [5.74, 6) is 0.486. The number of benzene rings is 1. The quantitative estimate of drug-likeness (QED) is 0.823. The number of furan rings is 1. The van der Waals surface area contributed by atoms with Crippen molar-refractivity contribution in [2.75, 3.05) is 6.61 Å². The molecule has 0 saturated carbocycles. The lowest BCUT2D eigenvalue weighted by atomic mass is 10.0. The second-order valence-electron chi connectivity index (χ2n) is 4.89. The zero-order valence-corrected chi connectivity index (χ0v) is 13.0. The number of nitrogens with one attached hydrogen (secondary N) is 2. The molecular formula is C17H20N2O4. The summed E-state index contributed by atoms with van der Waals surface area (Å²) in [5.41, 5.74) is 0.841. The molecule has 2 rings (SSSR count). The minimum Gasteiger partial charge on any atom is -0.467 e.